The van der Waals surface area contributed by atoms with Gasteiger partial charge in [-0.2, -0.15) is 0 Å². The molecule has 0 aliphatic carbocycles. The van der Waals surface area contributed by atoms with Crippen LogP contribution in [0.5, 0.6) is 5.75 Å². The molecule has 130 valence electrons. The van der Waals surface area contributed by atoms with Gasteiger partial charge in [0.2, 0.25) is 0 Å². The van der Waals surface area contributed by atoms with Crippen molar-refractivity contribution < 1.29 is 9.53 Å². The fourth-order valence-electron chi connectivity index (χ4n) is 3.16. The number of nitrogens with one attached hydrogen (secondary N) is 1. The van der Waals surface area contributed by atoms with E-state index in [4.69, 9.17) is 4.74 Å². The number of ether oxygens (including phenoxy) is 1. The van der Waals surface area contributed by atoms with Gasteiger partial charge in [0.15, 0.2) is 0 Å². The topological polar surface area (TPSA) is 45.3 Å². The maximum absolute atomic E-state index is 12.8. The molecule has 1 heterocycles. The molecule has 1 N–H and O–H groups in total. The van der Waals surface area contributed by atoms with Gasteiger partial charge in [-0.15, -0.1) is 0 Å². The van der Waals surface area contributed by atoms with Gasteiger partial charge in [0, 0.05) is 23.6 Å². The Morgan fingerprint density at radius 1 is 1.08 bits per heavy atom. The number of H-pyrrole nitrogens is 1. The molecule has 0 aliphatic rings. The Kier molecular flexibility index (Phi) is 4.79. The van der Waals surface area contributed by atoms with Crippen LogP contribution < -0.4 is 4.74 Å². The van der Waals surface area contributed by atoms with Gasteiger partial charge in [-0.3, -0.25) is 4.79 Å². The quantitative estimate of drug-likeness (QED) is 0.757. The van der Waals surface area contributed by atoms with Crippen LogP contribution >= 0.6 is 0 Å². The molecule has 25 heavy (non-hydrogen) atoms. The number of fused-ring (bicyclic) bond motifs is 1. The van der Waals surface area contributed by atoms with Crippen molar-refractivity contribution in [1.29, 1.82) is 0 Å². The number of nitrogens with zero attached hydrogens (tertiary/aromatic N) is 1. The zero-order valence-corrected chi connectivity index (χ0v) is 15.2. The number of para-hydroxylation sites is 1. The number of hydrogen-bond acceptors (Lipinski definition) is 2. The van der Waals surface area contributed by atoms with Crippen LogP contribution in [0, 0.1) is 20.8 Å². The summed E-state index contributed by atoms with van der Waals surface area (Å²) in [5, 5.41) is 0.965. The lowest BCUT2D eigenvalue weighted by Gasteiger charge is -2.18. The first-order valence-electron chi connectivity index (χ1n) is 8.49. The van der Waals surface area contributed by atoms with Gasteiger partial charge in [-0.25, -0.2) is 0 Å². The third-order valence-corrected chi connectivity index (χ3v) is 4.34. The van der Waals surface area contributed by atoms with E-state index in [1.807, 2.05) is 50.4 Å². The highest BCUT2D eigenvalue weighted by Crippen LogP contribution is 2.23. The molecule has 0 bridgehead atoms. The summed E-state index contributed by atoms with van der Waals surface area (Å²) in [4.78, 5) is 17.8. The third-order valence-electron chi connectivity index (χ3n) is 4.34. The standard InChI is InChI=1S/C21H24N2O2/c1-14-11-15(2)13-17(12-14)25-10-9-23(4)21(24)20-16(3)22-19-8-6-5-7-18(19)20/h5-8,11-13,22H,9-10H2,1-4H3. The van der Waals surface area contributed by atoms with E-state index in [9.17, 15) is 4.79 Å². The van der Waals surface area contributed by atoms with E-state index in [0.717, 1.165) is 27.9 Å². The summed E-state index contributed by atoms with van der Waals surface area (Å²) in [6, 6.07) is 14.0. The molecule has 1 amide bonds. The minimum absolute atomic E-state index is 0.0129. The molecular weight excluding hydrogens is 312 g/mol. The van der Waals surface area contributed by atoms with Crippen LogP contribution in [0.1, 0.15) is 27.2 Å². The van der Waals surface area contributed by atoms with E-state index in [2.05, 4.69) is 24.9 Å². The summed E-state index contributed by atoms with van der Waals surface area (Å²) in [6.07, 6.45) is 0. The number of carbonyl (C=O) groups excluding carboxylic acids is 1. The zero-order chi connectivity index (χ0) is 18.0. The second kappa shape index (κ2) is 7.01. The van der Waals surface area contributed by atoms with Crippen LogP contribution in [0.4, 0.5) is 0 Å². The Morgan fingerprint density at radius 3 is 2.48 bits per heavy atom. The Balaban J connectivity index is 1.67. The molecule has 3 rings (SSSR count). The summed E-state index contributed by atoms with van der Waals surface area (Å²) >= 11 is 0. The van der Waals surface area contributed by atoms with Crippen molar-refractivity contribution in [2.24, 2.45) is 0 Å². The van der Waals surface area contributed by atoms with E-state index in [0.29, 0.717) is 13.2 Å². The van der Waals surface area contributed by atoms with Crippen molar-refractivity contribution >= 4 is 16.8 Å². The highest BCUT2D eigenvalue weighted by molar-refractivity contribution is 6.08. The number of hydrogen-bond donors (Lipinski definition) is 1. The molecular formula is C21H24N2O2. The van der Waals surface area contributed by atoms with Gasteiger partial charge in [0.05, 0.1) is 12.1 Å². The van der Waals surface area contributed by atoms with Gasteiger partial charge in [-0.05, 0) is 50.1 Å². The Morgan fingerprint density at radius 2 is 1.76 bits per heavy atom. The number of aromatic nitrogens is 1. The maximum atomic E-state index is 12.8. The number of aryl methyl sites for hydroxylation is 3. The first kappa shape index (κ1) is 17.1. The summed E-state index contributed by atoms with van der Waals surface area (Å²) in [5.74, 6) is 0.862. The first-order chi connectivity index (χ1) is 12.0. The average molecular weight is 336 g/mol. The van der Waals surface area contributed by atoms with Crippen molar-refractivity contribution in [3.05, 3.63) is 64.8 Å². The van der Waals surface area contributed by atoms with Crippen molar-refractivity contribution in [1.82, 2.24) is 9.88 Å². The van der Waals surface area contributed by atoms with Gasteiger partial charge >= 0.3 is 0 Å². The highest BCUT2D eigenvalue weighted by Gasteiger charge is 2.19. The van der Waals surface area contributed by atoms with E-state index < -0.39 is 0 Å². The van der Waals surface area contributed by atoms with Gasteiger partial charge in [0.1, 0.15) is 12.4 Å². The highest BCUT2D eigenvalue weighted by atomic mass is 16.5. The third kappa shape index (κ3) is 3.68. The molecule has 4 heteroatoms. The maximum Gasteiger partial charge on any atom is 0.256 e. The summed E-state index contributed by atoms with van der Waals surface area (Å²) in [5.41, 5.74) is 4.98. The smallest absolute Gasteiger partial charge is 0.256 e. The van der Waals surface area contributed by atoms with E-state index in [1.165, 1.54) is 11.1 Å². The van der Waals surface area contributed by atoms with Crippen molar-refractivity contribution in [2.75, 3.05) is 20.2 Å². The first-order valence-corrected chi connectivity index (χ1v) is 8.49. The van der Waals surface area contributed by atoms with Crippen LogP contribution in [0.3, 0.4) is 0 Å². The molecule has 0 spiro atoms. The predicted molar refractivity (Wildman–Crippen MR) is 101 cm³/mol. The number of aromatic amines is 1. The SMILES string of the molecule is Cc1cc(C)cc(OCCN(C)C(=O)c2c(C)[nH]c3ccccc23)c1. The average Bonchev–Trinajstić information content (AvgIpc) is 2.88. The minimum atomic E-state index is 0.0129. The number of amides is 1. The lowest BCUT2D eigenvalue weighted by atomic mass is 10.1. The van der Waals surface area contributed by atoms with Crippen LogP contribution in [0.2, 0.25) is 0 Å². The van der Waals surface area contributed by atoms with Gasteiger partial charge in [-0.1, -0.05) is 24.3 Å². The molecule has 0 fully saturated rings. The summed E-state index contributed by atoms with van der Waals surface area (Å²) in [7, 11) is 1.81. The van der Waals surface area contributed by atoms with Crippen LogP contribution in [-0.2, 0) is 0 Å². The fraction of sp³-hybridized carbons (Fsp3) is 0.286. The molecule has 0 atom stereocenters. The lowest BCUT2D eigenvalue weighted by molar-refractivity contribution is 0.0775. The molecule has 1 aromatic heterocycles. The van der Waals surface area contributed by atoms with Crippen molar-refractivity contribution in [3.8, 4) is 5.75 Å². The zero-order valence-electron chi connectivity index (χ0n) is 15.2. The molecule has 0 saturated heterocycles. The number of benzene rings is 2. The van der Waals surface area contributed by atoms with Gasteiger partial charge < -0.3 is 14.6 Å². The summed E-state index contributed by atoms with van der Waals surface area (Å²) < 4.78 is 5.82. The minimum Gasteiger partial charge on any atom is -0.492 e. The number of rotatable bonds is 5. The second-order valence-corrected chi connectivity index (χ2v) is 6.57. The van der Waals surface area contributed by atoms with Crippen LogP contribution in [0.15, 0.2) is 42.5 Å². The van der Waals surface area contributed by atoms with Crippen molar-refractivity contribution in [3.63, 3.8) is 0 Å². The number of carbonyl (C=O) groups is 1. The molecule has 4 nitrogen and oxygen atoms in total. The normalized spacial score (nSPS) is 10.9. The Hall–Kier alpha value is -2.75. The monoisotopic (exact) mass is 336 g/mol. The number of likely N-dealkylation sites (N-methyl/N-ethyl adjacent to an activating group) is 1. The molecule has 0 radical (unpaired) electrons. The molecule has 0 saturated carbocycles. The van der Waals surface area contributed by atoms with Crippen LogP contribution in [-0.4, -0.2) is 36.0 Å². The Labute approximate surface area is 148 Å². The largest absolute Gasteiger partial charge is 0.492 e. The van der Waals surface area contributed by atoms with Crippen LogP contribution in [0.25, 0.3) is 10.9 Å². The lowest BCUT2D eigenvalue weighted by Crippen LogP contribution is -2.31. The van der Waals surface area contributed by atoms with Crippen molar-refractivity contribution in [2.45, 2.75) is 20.8 Å². The molecule has 0 aliphatic heterocycles. The molecule has 2 aromatic carbocycles. The van der Waals surface area contributed by atoms with E-state index >= 15 is 0 Å². The van der Waals surface area contributed by atoms with Gasteiger partial charge in [0.25, 0.3) is 5.91 Å². The Bertz CT molecular complexity index is 891. The molecule has 0 unspecified atom stereocenters. The summed E-state index contributed by atoms with van der Waals surface area (Å²) in [6.45, 7) is 7.04. The van der Waals surface area contributed by atoms with E-state index in [1.54, 1.807) is 4.90 Å². The molecule has 3 aromatic rings. The van der Waals surface area contributed by atoms with E-state index in [-0.39, 0.29) is 5.91 Å². The fourth-order valence-corrected chi connectivity index (χ4v) is 3.16. The second-order valence-electron chi connectivity index (χ2n) is 6.57. The predicted octanol–water partition coefficient (Wildman–Crippen LogP) is 4.24.